The van der Waals surface area contributed by atoms with E-state index in [1.165, 1.54) is 44.5 Å². The van der Waals surface area contributed by atoms with Crippen LogP contribution in [0.1, 0.15) is 60.3 Å². The van der Waals surface area contributed by atoms with Crippen molar-refractivity contribution in [3.05, 3.63) is 131 Å². The number of fused-ring (bicyclic) bond motifs is 6. The van der Waals surface area contributed by atoms with E-state index >= 15 is 0 Å². The summed E-state index contributed by atoms with van der Waals surface area (Å²) in [7, 11) is 0. The fourth-order valence-corrected chi connectivity index (χ4v) is 6.88. The quantitative estimate of drug-likeness (QED) is 0.240. The van der Waals surface area contributed by atoms with Gasteiger partial charge in [-0.3, -0.25) is 4.79 Å². The molecule has 0 bridgehead atoms. The summed E-state index contributed by atoms with van der Waals surface area (Å²) in [5, 5.41) is 10.7. The van der Waals surface area contributed by atoms with E-state index in [0.29, 0.717) is 6.29 Å². The maximum absolute atomic E-state index is 11.5. The lowest BCUT2D eigenvalue weighted by molar-refractivity contribution is 0.112. The standard InChI is InChI=1S/C37H31NO2/c1-36(2)31-11-7-5-9-27(31)29-17-15-24(19-33(29)36)38(26-14-13-23(22-39)35(40)21-26)25-16-18-30-28-10-6-8-12-32(28)37(3,4)34(30)20-25/h5-22,40H,1-4H3. The van der Waals surface area contributed by atoms with Crippen LogP contribution in [0.25, 0.3) is 22.3 Å². The third kappa shape index (κ3) is 3.34. The van der Waals surface area contributed by atoms with Crippen LogP contribution in [0, 0.1) is 0 Å². The zero-order valence-electron chi connectivity index (χ0n) is 23.2. The van der Waals surface area contributed by atoms with Gasteiger partial charge in [-0.2, -0.15) is 0 Å². The Bertz CT molecular complexity index is 1740. The third-order valence-corrected chi connectivity index (χ3v) is 9.05. The topological polar surface area (TPSA) is 40.5 Å². The normalized spacial score (nSPS) is 15.1. The fraction of sp³-hybridized carbons (Fsp3) is 0.162. The molecule has 0 heterocycles. The second-order valence-corrected chi connectivity index (χ2v) is 12.0. The molecule has 3 heteroatoms. The van der Waals surface area contributed by atoms with Crippen LogP contribution < -0.4 is 4.90 Å². The monoisotopic (exact) mass is 521 g/mol. The van der Waals surface area contributed by atoms with Crippen LogP contribution in [0.5, 0.6) is 5.75 Å². The highest BCUT2D eigenvalue weighted by molar-refractivity contribution is 5.89. The molecule has 0 aromatic heterocycles. The highest BCUT2D eigenvalue weighted by atomic mass is 16.3. The van der Waals surface area contributed by atoms with E-state index in [-0.39, 0.29) is 22.1 Å². The molecule has 40 heavy (non-hydrogen) atoms. The number of benzene rings is 5. The molecule has 5 aromatic rings. The number of hydrogen-bond acceptors (Lipinski definition) is 3. The van der Waals surface area contributed by atoms with Gasteiger partial charge >= 0.3 is 0 Å². The lowest BCUT2D eigenvalue weighted by Crippen LogP contribution is -2.18. The Morgan fingerprint density at radius 2 is 0.975 bits per heavy atom. The van der Waals surface area contributed by atoms with Gasteiger partial charge in [0.15, 0.2) is 6.29 Å². The Labute approximate surface area is 235 Å². The second-order valence-electron chi connectivity index (χ2n) is 12.0. The molecule has 196 valence electrons. The number of carbonyl (C=O) groups excluding carboxylic acids is 1. The maximum Gasteiger partial charge on any atom is 0.153 e. The number of phenolic OH excluding ortho intramolecular Hbond substituents is 1. The predicted molar refractivity (Wildman–Crippen MR) is 163 cm³/mol. The molecule has 0 atom stereocenters. The Morgan fingerprint density at radius 3 is 1.45 bits per heavy atom. The molecular weight excluding hydrogens is 490 g/mol. The highest BCUT2D eigenvalue weighted by Gasteiger charge is 2.37. The van der Waals surface area contributed by atoms with Crippen molar-refractivity contribution in [2.45, 2.75) is 38.5 Å². The zero-order chi connectivity index (χ0) is 27.8. The van der Waals surface area contributed by atoms with Crippen molar-refractivity contribution in [1.82, 2.24) is 0 Å². The van der Waals surface area contributed by atoms with Crippen molar-refractivity contribution in [2.24, 2.45) is 0 Å². The molecule has 2 aliphatic carbocycles. The number of hydrogen-bond donors (Lipinski definition) is 1. The van der Waals surface area contributed by atoms with Gasteiger partial charge in [-0.1, -0.05) is 88.4 Å². The Morgan fingerprint density at radius 1 is 0.550 bits per heavy atom. The van der Waals surface area contributed by atoms with Crippen molar-refractivity contribution in [3.8, 4) is 28.0 Å². The van der Waals surface area contributed by atoms with Crippen LogP contribution in [-0.4, -0.2) is 11.4 Å². The van der Waals surface area contributed by atoms with E-state index in [4.69, 9.17) is 0 Å². The number of rotatable bonds is 4. The first kappa shape index (κ1) is 24.4. The van der Waals surface area contributed by atoms with Crippen LogP contribution in [0.2, 0.25) is 0 Å². The molecule has 0 radical (unpaired) electrons. The zero-order valence-corrected chi connectivity index (χ0v) is 23.2. The van der Waals surface area contributed by atoms with E-state index in [9.17, 15) is 9.90 Å². The Hall–Kier alpha value is -4.63. The van der Waals surface area contributed by atoms with Crippen LogP contribution in [0.15, 0.2) is 103 Å². The van der Waals surface area contributed by atoms with E-state index in [2.05, 4.69) is 118 Å². The summed E-state index contributed by atoms with van der Waals surface area (Å²) >= 11 is 0. The summed E-state index contributed by atoms with van der Waals surface area (Å²) in [4.78, 5) is 13.7. The molecule has 0 unspecified atom stereocenters. The summed E-state index contributed by atoms with van der Waals surface area (Å²) in [6.07, 6.45) is 0.688. The Balaban J connectivity index is 1.43. The predicted octanol–water partition coefficient (Wildman–Crippen LogP) is 9.29. The number of phenols is 1. The molecule has 7 rings (SSSR count). The van der Waals surface area contributed by atoms with E-state index < -0.39 is 0 Å². The largest absolute Gasteiger partial charge is 0.507 e. The molecular formula is C37H31NO2. The summed E-state index contributed by atoms with van der Waals surface area (Å²) in [6, 6.07) is 35.9. The minimum absolute atomic E-state index is 0.0275. The van der Waals surface area contributed by atoms with E-state index in [1.807, 2.05) is 6.07 Å². The highest BCUT2D eigenvalue weighted by Crippen LogP contribution is 2.53. The van der Waals surface area contributed by atoms with Crippen molar-refractivity contribution in [1.29, 1.82) is 0 Å². The van der Waals surface area contributed by atoms with E-state index in [0.717, 1.165) is 17.1 Å². The number of aldehydes is 1. The lowest BCUT2D eigenvalue weighted by atomic mass is 9.82. The van der Waals surface area contributed by atoms with E-state index in [1.54, 1.807) is 12.1 Å². The molecule has 1 N–H and O–H groups in total. The van der Waals surface area contributed by atoms with Crippen molar-refractivity contribution >= 4 is 23.3 Å². The average molecular weight is 522 g/mol. The molecule has 5 aromatic carbocycles. The number of carbonyl (C=O) groups is 1. The van der Waals surface area contributed by atoms with Crippen molar-refractivity contribution < 1.29 is 9.90 Å². The van der Waals surface area contributed by atoms with Gasteiger partial charge in [0.05, 0.1) is 5.56 Å². The lowest BCUT2D eigenvalue weighted by Gasteiger charge is -2.30. The van der Waals surface area contributed by atoms with Crippen LogP contribution in [0.4, 0.5) is 17.1 Å². The van der Waals surface area contributed by atoms with Gasteiger partial charge in [-0.25, -0.2) is 0 Å². The molecule has 2 aliphatic rings. The second kappa shape index (κ2) is 8.43. The van der Waals surface area contributed by atoms with Gasteiger partial charge in [-0.15, -0.1) is 0 Å². The number of aromatic hydroxyl groups is 1. The molecule has 0 saturated heterocycles. The first-order valence-electron chi connectivity index (χ1n) is 13.8. The van der Waals surface area contributed by atoms with Crippen molar-refractivity contribution in [2.75, 3.05) is 4.90 Å². The minimum Gasteiger partial charge on any atom is -0.507 e. The summed E-state index contributed by atoms with van der Waals surface area (Å²) in [5.41, 5.74) is 13.1. The summed E-state index contributed by atoms with van der Waals surface area (Å²) in [5.74, 6) is -0.0275. The van der Waals surface area contributed by atoms with Gasteiger partial charge in [0, 0.05) is 34.0 Å². The minimum atomic E-state index is -0.140. The number of nitrogens with zero attached hydrogens (tertiary/aromatic N) is 1. The molecule has 0 aliphatic heterocycles. The molecule has 0 spiro atoms. The van der Waals surface area contributed by atoms with Crippen LogP contribution in [0.3, 0.4) is 0 Å². The van der Waals surface area contributed by atoms with Gasteiger partial charge in [-0.05, 0) is 80.9 Å². The molecule has 0 amide bonds. The molecule has 0 saturated carbocycles. The van der Waals surface area contributed by atoms with Crippen molar-refractivity contribution in [3.63, 3.8) is 0 Å². The molecule has 3 nitrogen and oxygen atoms in total. The SMILES string of the molecule is CC1(C)c2ccccc2-c2ccc(N(c3ccc(C=O)c(O)c3)c3ccc4c(c3)C(C)(C)c3ccccc3-4)cc21. The van der Waals surface area contributed by atoms with Gasteiger partial charge in [0.2, 0.25) is 0 Å². The maximum atomic E-state index is 11.5. The third-order valence-electron chi connectivity index (χ3n) is 9.05. The molecule has 0 fully saturated rings. The summed E-state index contributed by atoms with van der Waals surface area (Å²) in [6.45, 7) is 9.13. The first-order chi connectivity index (χ1) is 19.2. The van der Waals surface area contributed by atoms with Crippen LogP contribution in [-0.2, 0) is 10.8 Å². The Kier molecular flexibility index (Phi) is 5.15. The first-order valence-corrected chi connectivity index (χ1v) is 13.8. The van der Waals surface area contributed by atoms with Gasteiger partial charge in [0.1, 0.15) is 5.75 Å². The van der Waals surface area contributed by atoms with Crippen LogP contribution >= 0.6 is 0 Å². The average Bonchev–Trinajstić information content (AvgIpc) is 3.33. The van der Waals surface area contributed by atoms with Gasteiger partial charge in [0.25, 0.3) is 0 Å². The number of anilines is 3. The summed E-state index contributed by atoms with van der Waals surface area (Å²) < 4.78 is 0. The smallest absolute Gasteiger partial charge is 0.153 e. The van der Waals surface area contributed by atoms with Gasteiger partial charge < -0.3 is 10.0 Å². The fourth-order valence-electron chi connectivity index (χ4n) is 6.88.